The molecule has 1 fully saturated rings. The summed E-state index contributed by atoms with van der Waals surface area (Å²) in [4.78, 5) is 2.57. The SMILES string of the molecule is C=CCCC1(C)C(N)NC(C)(CC(C)(C)C)N1Cc1ccc(OC)cc1. The molecule has 1 saturated heterocycles. The number of allylic oxidation sites excluding steroid dienone is 1. The van der Waals surface area contributed by atoms with E-state index in [9.17, 15) is 0 Å². The van der Waals surface area contributed by atoms with Gasteiger partial charge in [-0.1, -0.05) is 39.0 Å². The molecule has 1 aliphatic rings. The maximum atomic E-state index is 6.63. The van der Waals surface area contributed by atoms with Gasteiger partial charge in [-0.25, -0.2) is 0 Å². The van der Waals surface area contributed by atoms with Crippen LogP contribution in [0.15, 0.2) is 36.9 Å². The van der Waals surface area contributed by atoms with Crippen molar-refractivity contribution in [3.8, 4) is 5.75 Å². The van der Waals surface area contributed by atoms with Gasteiger partial charge in [0.25, 0.3) is 0 Å². The van der Waals surface area contributed by atoms with Crippen molar-refractivity contribution in [1.82, 2.24) is 10.2 Å². The highest BCUT2D eigenvalue weighted by molar-refractivity contribution is 5.28. The van der Waals surface area contributed by atoms with Crippen LogP contribution in [0.1, 0.15) is 59.4 Å². The summed E-state index contributed by atoms with van der Waals surface area (Å²) in [5, 5.41) is 3.72. The highest BCUT2D eigenvalue weighted by atomic mass is 16.5. The van der Waals surface area contributed by atoms with Gasteiger partial charge in [0.15, 0.2) is 0 Å². The van der Waals surface area contributed by atoms with Crippen molar-refractivity contribution in [2.45, 2.75) is 77.8 Å². The van der Waals surface area contributed by atoms with Crippen LogP contribution in [0.25, 0.3) is 0 Å². The molecule has 3 atom stereocenters. The Bertz CT molecular complexity index is 607. The van der Waals surface area contributed by atoms with Crippen molar-refractivity contribution in [2.24, 2.45) is 11.1 Å². The first-order valence-corrected chi connectivity index (χ1v) is 9.59. The maximum Gasteiger partial charge on any atom is 0.118 e. The van der Waals surface area contributed by atoms with Gasteiger partial charge in [0, 0.05) is 12.1 Å². The van der Waals surface area contributed by atoms with E-state index in [1.807, 2.05) is 18.2 Å². The summed E-state index contributed by atoms with van der Waals surface area (Å²) in [5.41, 5.74) is 7.81. The molecule has 0 saturated carbocycles. The predicted octanol–water partition coefficient (Wildman–Crippen LogP) is 4.26. The van der Waals surface area contributed by atoms with Crippen molar-refractivity contribution < 1.29 is 4.74 Å². The van der Waals surface area contributed by atoms with Crippen LogP contribution in [-0.4, -0.2) is 29.4 Å². The van der Waals surface area contributed by atoms with Crippen LogP contribution >= 0.6 is 0 Å². The van der Waals surface area contributed by atoms with Crippen LogP contribution < -0.4 is 15.8 Å². The Morgan fingerprint density at radius 2 is 1.88 bits per heavy atom. The number of nitrogens with two attached hydrogens (primary N) is 1. The zero-order valence-electron chi connectivity index (χ0n) is 17.4. The third-order valence-electron chi connectivity index (χ3n) is 5.58. The lowest BCUT2D eigenvalue weighted by Gasteiger charge is -2.45. The minimum Gasteiger partial charge on any atom is -0.497 e. The van der Waals surface area contributed by atoms with Crippen LogP contribution in [0.4, 0.5) is 0 Å². The third-order valence-corrected chi connectivity index (χ3v) is 5.58. The Morgan fingerprint density at radius 3 is 2.38 bits per heavy atom. The van der Waals surface area contributed by atoms with Crippen LogP contribution in [0.5, 0.6) is 5.75 Å². The molecular formula is C22H37N3O. The number of methoxy groups -OCH3 is 1. The van der Waals surface area contributed by atoms with Gasteiger partial charge in [-0.3, -0.25) is 10.2 Å². The molecule has 1 aromatic rings. The topological polar surface area (TPSA) is 50.5 Å². The van der Waals surface area contributed by atoms with Gasteiger partial charge in [-0.2, -0.15) is 0 Å². The average molecular weight is 360 g/mol. The molecule has 146 valence electrons. The summed E-state index contributed by atoms with van der Waals surface area (Å²) < 4.78 is 5.30. The van der Waals surface area contributed by atoms with Crippen LogP contribution in [0, 0.1) is 5.41 Å². The van der Waals surface area contributed by atoms with E-state index in [-0.39, 0.29) is 22.8 Å². The average Bonchev–Trinajstić information content (AvgIpc) is 2.72. The Hall–Kier alpha value is -1.36. The van der Waals surface area contributed by atoms with Crippen molar-refractivity contribution in [3.63, 3.8) is 0 Å². The summed E-state index contributed by atoms with van der Waals surface area (Å²) in [6.07, 6.45) is 4.88. The molecular weight excluding hydrogens is 322 g/mol. The van der Waals surface area contributed by atoms with E-state index in [2.05, 4.69) is 63.5 Å². The van der Waals surface area contributed by atoms with Crippen LogP contribution in [0.3, 0.4) is 0 Å². The summed E-state index contributed by atoms with van der Waals surface area (Å²) in [5.74, 6) is 0.886. The molecule has 0 spiro atoms. The lowest BCUT2D eigenvalue weighted by atomic mass is 9.83. The number of nitrogens with one attached hydrogen (secondary N) is 1. The van der Waals surface area contributed by atoms with Gasteiger partial charge in [0.05, 0.1) is 18.9 Å². The first kappa shape index (κ1) is 20.9. The fourth-order valence-corrected chi connectivity index (χ4v) is 4.43. The summed E-state index contributed by atoms with van der Waals surface area (Å²) in [6.45, 7) is 16.2. The number of benzene rings is 1. The van der Waals surface area contributed by atoms with E-state index < -0.39 is 0 Å². The second-order valence-corrected chi connectivity index (χ2v) is 9.25. The summed E-state index contributed by atoms with van der Waals surface area (Å²) in [7, 11) is 1.70. The second-order valence-electron chi connectivity index (χ2n) is 9.25. The quantitative estimate of drug-likeness (QED) is 0.714. The Balaban J connectivity index is 2.37. The van der Waals surface area contributed by atoms with Crippen molar-refractivity contribution >= 4 is 0 Å². The standard InChI is InChI=1S/C22H37N3O/c1-8-9-14-21(5)19(23)24-22(6,16-20(2,3)4)25(21)15-17-10-12-18(26-7)13-11-17/h8,10-13,19,24H,1,9,14-16,23H2,2-7H3. The van der Waals surface area contributed by atoms with E-state index >= 15 is 0 Å². The van der Waals surface area contributed by atoms with Crippen LogP contribution in [0.2, 0.25) is 0 Å². The molecule has 0 amide bonds. The summed E-state index contributed by atoms with van der Waals surface area (Å²) >= 11 is 0. The Morgan fingerprint density at radius 1 is 1.27 bits per heavy atom. The highest BCUT2D eigenvalue weighted by Gasteiger charge is 2.54. The predicted molar refractivity (Wildman–Crippen MR) is 110 cm³/mol. The second kappa shape index (κ2) is 7.71. The number of hydrogen-bond acceptors (Lipinski definition) is 4. The molecule has 0 aromatic heterocycles. The van der Waals surface area contributed by atoms with E-state index in [1.165, 1.54) is 5.56 Å². The molecule has 26 heavy (non-hydrogen) atoms. The maximum absolute atomic E-state index is 6.63. The minimum atomic E-state index is -0.159. The number of rotatable bonds is 7. The third kappa shape index (κ3) is 4.48. The van der Waals surface area contributed by atoms with E-state index in [4.69, 9.17) is 10.5 Å². The molecule has 1 aliphatic heterocycles. The van der Waals surface area contributed by atoms with Gasteiger partial charge in [0.2, 0.25) is 0 Å². The van der Waals surface area contributed by atoms with E-state index in [0.717, 1.165) is 31.6 Å². The normalized spacial score (nSPS) is 29.7. The number of hydrogen-bond donors (Lipinski definition) is 2. The molecule has 3 unspecified atom stereocenters. The molecule has 1 aromatic carbocycles. The lowest BCUT2D eigenvalue weighted by Crippen LogP contribution is -2.55. The Kier molecular flexibility index (Phi) is 6.21. The molecule has 0 aliphatic carbocycles. The van der Waals surface area contributed by atoms with Gasteiger partial charge in [-0.15, -0.1) is 6.58 Å². The van der Waals surface area contributed by atoms with Gasteiger partial charge in [-0.05, 0) is 56.2 Å². The van der Waals surface area contributed by atoms with E-state index in [0.29, 0.717) is 0 Å². The lowest BCUT2D eigenvalue weighted by molar-refractivity contribution is 0.00972. The van der Waals surface area contributed by atoms with Gasteiger partial charge < -0.3 is 10.5 Å². The van der Waals surface area contributed by atoms with Gasteiger partial charge >= 0.3 is 0 Å². The fourth-order valence-electron chi connectivity index (χ4n) is 4.43. The van der Waals surface area contributed by atoms with Crippen molar-refractivity contribution in [1.29, 1.82) is 0 Å². The molecule has 3 N–H and O–H groups in total. The number of ether oxygens (including phenoxy) is 1. The Labute approximate surface area is 159 Å². The van der Waals surface area contributed by atoms with Crippen molar-refractivity contribution in [2.75, 3.05) is 7.11 Å². The van der Waals surface area contributed by atoms with Gasteiger partial charge in [0.1, 0.15) is 5.75 Å². The molecule has 0 bridgehead atoms. The number of nitrogens with zero attached hydrogens (tertiary/aromatic N) is 1. The monoisotopic (exact) mass is 359 g/mol. The first-order valence-electron chi connectivity index (χ1n) is 9.59. The minimum absolute atomic E-state index is 0.0759. The van der Waals surface area contributed by atoms with Crippen molar-refractivity contribution in [3.05, 3.63) is 42.5 Å². The first-order chi connectivity index (χ1) is 12.0. The molecule has 0 radical (unpaired) electrons. The highest BCUT2D eigenvalue weighted by Crippen LogP contribution is 2.43. The summed E-state index contributed by atoms with van der Waals surface area (Å²) in [6, 6.07) is 8.35. The molecule has 4 heteroatoms. The largest absolute Gasteiger partial charge is 0.497 e. The van der Waals surface area contributed by atoms with E-state index in [1.54, 1.807) is 7.11 Å². The zero-order chi connectivity index (χ0) is 19.6. The molecule has 1 heterocycles. The smallest absolute Gasteiger partial charge is 0.118 e. The zero-order valence-corrected chi connectivity index (χ0v) is 17.4. The molecule has 4 nitrogen and oxygen atoms in total. The molecule has 2 rings (SSSR count). The fraction of sp³-hybridized carbons (Fsp3) is 0.636. The van der Waals surface area contributed by atoms with Crippen LogP contribution in [-0.2, 0) is 6.54 Å².